The van der Waals surface area contributed by atoms with Crippen molar-refractivity contribution in [1.82, 2.24) is 10.2 Å². The van der Waals surface area contributed by atoms with Gasteiger partial charge in [-0.25, -0.2) is 0 Å². The Morgan fingerprint density at radius 1 is 1.00 bits per heavy atom. The molecule has 154 valence electrons. The Balaban J connectivity index is 1.65. The highest BCUT2D eigenvalue weighted by Crippen LogP contribution is 2.26. The SMILES string of the molecule is Cc1ccccc1C(=O)NC1CCN(c2ccccc2C(=O)N(C)C(C)C)CC1. The van der Waals surface area contributed by atoms with Crippen molar-refractivity contribution < 1.29 is 9.59 Å². The number of rotatable bonds is 5. The Morgan fingerprint density at radius 3 is 2.21 bits per heavy atom. The number of nitrogens with one attached hydrogen (secondary N) is 1. The molecule has 0 radical (unpaired) electrons. The largest absolute Gasteiger partial charge is 0.371 e. The summed E-state index contributed by atoms with van der Waals surface area (Å²) in [6.45, 7) is 7.62. The maximum atomic E-state index is 12.9. The quantitative estimate of drug-likeness (QED) is 0.839. The average molecular weight is 394 g/mol. The van der Waals surface area contributed by atoms with Gasteiger partial charge in [0, 0.05) is 43.5 Å². The van der Waals surface area contributed by atoms with Gasteiger partial charge < -0.3 is 15.1 Å². The van der Waals surface area contributed by atoms with E-state index in [1.165, 1.54) is 0 Å². The molecule has 2 aromatic carbocycles. The molecular weight excluding hydrogens is 362 g/mol. The van der Waals surface area contributed by atoms with Crippen LogP contribution < -0.4 is 10.2 Å². The lowest BCUT2D eigenvalue weighted by molar-refractivity contribution is 0.0755. The molecule has 0 atom stereocenters. The summed E-state index contributed by atoms with van der Waals surface area (Å²) in [5.74, 6) is 0.0428. The molecule has 0 unspecified atom stereocenters. The number of aryl methyl sites for hydroxylation is 1. The summed E-state index contributed by atoms with van der Waals surface area (Å²) in [6, 6.07) is 15.8. The van der Waals surface area contributed by atoms with E-state index in [9.17, 15) is 9.59 Å². The highest BCUT2D eigenvalue weighted by Gasteiger charge is 2.25. The summed E-state index contributed by atoms with van der Waals surface area (Å²) in [5.41, 5.74) is 3.45. The van der Waals surface area contributed by atoms with E-state index in [2.05, 4.69) is 10.2 Å². The fourth-order valence-corrected chi connectivity index (χ4v) is 3.71. The van der Waals surface area contributed by atoms with Gasteiger partial charge >= 0.3 is 0 Å². The minimum Gasteiger partial charge on any atom is -0.371 e. The van der Waals surface area contributed by atoms with Gasteiger partial charge in [-0.1, -0.05) is 30.3 Å². The molecule has 1 fully saturated rings. The Bertz CT molecular complexity index is 870. The smallest absolute Gasteiger partial charge is 0.255 e. The lowest BCUT2D eigenvalue weighted by atomic mass is 10.0. The van der Waals surface area contributed by atoms with Crippen molar-refractivity contribution >= 4 is 17.5 Å². The van der Waals surface area contributed by atoms with Crippen LogP contribution in [0.5, 0.6) is 0 Å². The molecule has 29 heavy (non-hydrogen) atoms. The van der Waals surface area contributed by atoms with Gasteiger partial charge in [0.05, 0.1) is 5.56 Å². The average Bonchev–Trinajstić information content (AvgIpc) is 2.73. The third-order valence-electron chi connectivity index (χ3n) is 5.79. The molecule has 0 saturated carbocycles. The fourth-order valence-electron chi connectivity index (χ4n) is 3.71. The van der Waals surface area contributed by atoms with Crippen molar-refractivity contribution in [1.29, 1.82) is 0 Å². The minimum absolute atomic E-state index is 0.00399. The van der Waals surface area contributed by atoms with Gasteiger partial charge in [0.25, 0.3) is 11.8 Å². The topological polar surface area (TPSA) is 52.7 Å². The van der Waals surface area contributed by atoms with E-state index in [-0.39, 0.29) is 23.9 Å². The van der Waals surface area contributed by atoms with Crippen molar-refractivity contribution in [2.45, 2.75) is 45.7 Å². The van der Waals surface area contributed by atoms with Gasteiger partial charge in [0.15, 0.2) is 0 Å². The predicted octanol–water partition coefficient (Wildman–Crippen LogP) is 3.87. The van der Waals surface area contributed by atoms with Crippen LogP contribution in [0.15, 0.2) is 48.5 Å². The highest BCUT2D eigenvalue weighted by atomic mass is 16.2. The van der Waals surface area contributed by atoms with E-state index >= 15 is 0 Å². The lowest BCUT2D eigenvalue weighted by Crippen LogP contribution is -2.45. The van der Waals surface area contributed by atoms with Crippen LogP contribution in [0, 0.1) is 6.92 Å². The molecule has 1 aliphatic heterocycles. The van der Waals surface area contributed by atoms with Gasteiger partial charge in [-0.05, 0) is 57.4 Å². The van der Waals surface area contributed by atoms with Crippen LogP contribution in [0.4, 0.5) is 5.69 Å². The third-order valence-corrected chi connectivity index (χ3v) is 5.79. The van der Waals surface area contributed by atoms with Crippen LogP contribution in [0.1, 0.15) is 53.0 Å². The number of hydrogen-bond donors (Lipinski definition) is 1. The molecule has 0 bridgehead atoms. The predicted molar refractivity (Wildman–Crippen MR) is 118 cm³/mol. The van der Waals surface area contributed by atoms with E-state index < -0.39 is 0 Å². The fraction of sp³-hybridized carbons (Fsp3) is 0.417. The molecule has 1 N–H and O–H groups in total. The summed E-state index contributed by atoms with van der Waals surface area (Å²) in [5, 5.41) is 3.18. The number of piperidine rings is 1. The summed E-state index contributed by atoms with van der Waals surface area (Å²) in [7, 11) is 1.84. The molecule has 0 aromatic heterocycles. The normalized spacial score (nSPS) is 14.7. The second kappa shape index (κ2) is 9.12. The van der Waals surface area contributed by atoms with Crippen molar-refractivity contribution in [3.05, 3.63) is 65.2 Å². The van der Waals surface area contributed by atoms with Crippen LogP contribution in [0.2, 0.25) is 0 Å². The number of hydrogen-bond acceptors (Lipinski definition) is 3. The van der Waals surface area contributed by atoms with Gasteiger partial charge in [-0.3, -0.25) is 9.59 Å². The number of carbonyl (C=O) groups excluding carboxylic acids is 2. The van der Waals surface area contributed by atoms with Crippen molar-refractivity contribution in [2.75, 3.05) is 25.0 Å². The minimum atomic E-state index is -0.00399. The standard InChI is InChI=1S/C24H31N3O2/c1-17(2)26(4)24(29)21-11-7-8-12-22(21)27-15-13-19(14-16-27)25-23(28)20-10-6-5-9-18(20)3/h5-12,17,19H,13-16H2,1-4H3,(H,25,28). The highest BCUT2D eigenvalue weighted by molar-refractivity contribution is 6.00. The Labute approximate surface area is 173 Å². The van der Waals surface area contributed by atoms with Crippen LogP contribution in [-0.4, -0.2) is 48.9 Å². The second-order valence-electron chi connectivity index (χ2n) is 8.08. The van der Waals surface area contributed by atoms with Gasteiger partial charge in [-0.15, -0.1) is 0 Å². The molecule has 0 spiro atoms. The van der Waals surface area contributed by atoms with Crippen molar-refractivity contribution in [3.8, 4) is 0 Å². The summed E-state index contributed by atoms with van der Waals surface area (Å²) >= 11 is 0. The summed E-state index contributed by atoms with van der Waals surface area (Å²) < 4.78 is 0. The Morgan fingerprint density at radius 2 is 1.59 bits per heavy atom. The summed E-state index contributed by atoms with van der Waals surface area (Å²) in [4.78, 5) is 29.5. The Hall–Kier alpha value is -2.82. The third kappa shape index (κ3) is 4.78. The maximum absolute atomic E-state index is 12.9. The van der Waals surface area contributed by atoms with Gasteiger partial charge in [0.2, 0.25) is 0 Å². The Kier molecular flexibility index (Phi) is 6.57. The first kappa shape index (κ1) is 20.9. The molecule has 1 aliphatic rings. The van der Waals surface area contributed by atoms with E-state index in [0.717, 1.165) is 48.3 Å². The zero-order valence-corrected chi connectivity index (χ0v) is 17.8. The van der Waals surface area contributed by atoms with E-state index in [0.29, 0.717) is 0 Å². The monoisotopic (exact) mass is 393 g/mol. The van der Waals surface area contributed by atoms with Crippen molar-refractivity contribution in [3.63, 3.8) is 0 Å². The molecule has 5 nitrogen and oxygen atoms in total. The molecule has 5 heteroatoms. The zero-order valence-electron chi connectivity index (χ0n) is 17.8. The second-order valence-corrected chi connectivity index (χ2v) is 8.08. The number of anilines is 1. The van der Waals surface area contributed by atoms with Gasteiger partial charge in [-0.2, -0.15) is 0 Å². The maximum Gasteiger partial charge on any atom is 0.255 e. The van der Waals surface area contributed by atoms with Crippen LogP contribution >= 0.6 is 0 Å². The first-order chi connectivity index (χ1) is 13.9. The number of nitrogens with zero attached hydrogens (tertiary/aromatic N) is 2. The number of benzene rings is 2. The van der Waals surface area contributed by atoms with Gasteiger partial charge in [0.1, 0.15) is 0 Å². The number of amides is 2. The molecule has 2 aromatic rings. The first-order valence-electron chi connectivity index (χ1n) is 10.4. The van der Waals surface area contributed by atoms with Crippen LogP contribution in [0.25, 0.3) is 0 Å². The van der Waals surface area contributed by atoms with E-state index in [1.807, 2.05) is 76.3 Å². The molecule has 1 heterocycles. The number of para-hydroxylation sites is 1. The molecule has 2 amide bonds. The molecule has 0 aliphatic carbocycles. The van der Waals surface area contributed by atoms with E-state index in [4.69, 9.17) is 0 Å². The van der Waals surface area contributed by atoms with E-state index in [1.54, 1.807) is 4.90 Å². The molecule has 3 rings (SSSR count). The molecule has 1 saturated heterocycles. The zero-order chi connectivity index (χ0) is 21.0. The lowest BCUT2D eigenvalue weighted by Gasteiger charge is -2.35. The number of carbonyl (C=O) groups is 2. The van der Waals surface area contributed by atoms with Crippen LogP contribution in [0.3, 0.4) is 0 Å². The molecular formula is C24H31N3O2. The summed E-state index contributed by atoms with van der Waals surface area (Å²) in [6.07, 6.45) is 1.72. The van der Waals surface area contributed by atoms with Crippen molar-refractivity contribution in [2.24, 2.45) is 0 Å². The van der Waals surface area contributed by atoms with Crippen LogP contribution in [-0.2, 0) is 0 Å². The first-order valence-corrected chi connectivity index (χ1v) is 10.4.